The fourth-order valence-corrected chi connectivity index (χ4v) is 8.53. The molecule has 2 aromatic heterocycles. The van der Waals surface area contributed by atoms with Crippen LogP contribution in [0, 0.1) is 18.4 Å². The molecule has 1 fully saturated rings. The lowest BCUT2D eigenvalue weighted by Crippen LogP contribution is -2.54. The van der Waals surface area contributed by atoms with Crippen molar-refractivity contribution in [3.05, 3.63) is 12.4 Å². The molecule has 306 valence electrons. The van der Waals surface area contributed by atoms with Crippen LogP contribution >= 0.6 is 0 Å². The molecule has 0 spiro atoms. The summed E-state index contributed by atoms with van der Waals surface area (Å²) in [6.45, 7) is 24.5. The number of amides is 1. The van der Waals surface area contributed by atoms with E-state index in [-0.39, 0.29) is 40.3 Å². The van der Waals surface area contributed by atoms with Crippen molar-refractivity contribution in [2.75, 3.05) is 18.5 Å². The van der Waals surface area contributed by atoms with Gasteiger partial charge in [-0.25, -0.2) is 9.78 Å². The van der Waals surface area contributed by atoms with Crippen molar-refractivity contribution in [1.82, 2.24) is 19.5 Å². The van der Waals surface area contributed by atoms with Gasteiger partial charge in [-0.3, -0.25) is 9.88 Å². The molecule has 10 nitrogen and oxygen atoms in total. The van der Waals surface area contributed by atoms with Gasteiger partial charge in [-0.2, -0.15) is 14.4 Å². The van der Waals surface area contributed by atoms with Gasteiger partial charge in [0.05, 0.1) is 25.6 Å². The van der Waals surface area contributed by atoms with Gasteiger partial charge in [0.1, 0.15) is 6.23 Å². The first-order valence-electron chi connectivity index (χ1n) is 20.6. The minimum Gasteiger partial charge on any atom is -0.449 e. The summed E-state index contributed by atoms with van der Waals surface area (Å²) < 4.78 is 42.3. The second kappa shape index (κ2) is 20.2. The van der Waals surface area contributed by atoms with Gasteiger partial charge < -0.3 is 18.3 Å². The van der Waals surface area contributed by atoms with Crippen LogP contribution in [0.1, 0.15) is 151 Å². The Kier molecular flexibility index (Phi) is 17.2. The first-order chi connectivity index (χ1) is 25.3. The zero-order chi connectivity index (χ0) is 40.2. The van der Waals surface area contributed by atoms with Crippen molar-refractivity contribution in [2.45, 2.75) is 199 Å². The third-order valence-electron chi connectivity index (χ3n) is 11.9. The Bertz CT molecular complexity index is 1520. The minimum atomic E-state index is -2.32. The molecule has 3 heterocycles. The van der Waals surface area contributed by atoms with Crippen LogP contribution in [0.4, 0.5) is 15.0 Å². The summed E-state index contributed by atoms with van der Waals surface area (Å²) in [6, 6.07) is 0. The van der Waals surface area contributed by atoms with E-state index in [1.807, 2.05) is 0 Å². The molecule has 1 amide bonds. The molecule has 0 bridgehead atoms. The normalized spacial score (nSPS) is 19.7. The highest BCUT2D eigenvalue weighted by atomic mass is 28.4. The molecular weight excluding hydrogens is 718 g/mol. The zero-order valence-corrected chi connectivity index (χ0v) is 37.5. The summed E-state index contributed by atoms with van der Waals surface area (Å²) in [6.07, 6.45) is 22.7. The fraction of sp³-hybridized carbons (Fsp3) is 0.805. The maximum absolute atomic E-state index is 14.9. The molecule has 13 heteroatoms. The number of carbonyl (C=O) groups excluding carboxylic acids is 1. The van der Waals surface area contributed by atoms with E-state index >= 15 is 0 Å². The Balaban J connectivity index is 1.61. The number of anilines is 1. The van der Waals surface area contributed by atoms with Gasteiger partial charge in [0.2, 0.25) is 0 Å². The molecule has 0 saturated carbocycles. The third-order valence-corrected chi connectivity index (χ3v) is 20.8. The van der Waals surface area contributed by atoms with E-state index in [9.17, 15) is 9.18 Å². The van der Waals surface area contributed by atoms with Crippen LogP contribution in [0.25, 0.3) is 11.2 Å². The van der Waals surface area contributed by atoms with Crippen LogP contribution in [0.5, 0.6) is 0 Å². The largest absolute Gasteiger partial charge is 0.449 e. The maximum atomic E-state index is 14.9. The molecule has 2 aromatic rings. The van der Waals surface area contributed by atoms with Gasteiger partial charge in [0.25, 0.3) is 0 Å². The number of halogens is 1. The predicted octanol–water partition coefficient (Wildman–Crippen LogP) is 11.7. The molecule has 0 radical (unpaired) electrons. The van der Waals surface area contributed by atoms with Crippen molar-refractivity contribution in [3.63, 3.8) is 0 Å². The molecule has 0 aromatic carbocycles. The van der Waals surface area contributed by atoms with E-state index < -0.39 is 46.7 Å². The summed E-state index contributed by atoms with van der Waals surface area (Å²) in [5.41, 5.74) is -0.819. The first-order valence-corrected chi connectivity index (χ1v) is 26.4. The summed E-state index contributed by atoms with van der Waals surface area (Å²) >= 11 is 0. The Morgan fingerprint density at radius 1 is 0.926 bits per heavy atom. The summed E-state index contributed by atoms with van der Waals surface area (Å²) in [4.78, 5) is 25.1. The molecule has 3 rings (SSSR count). The highest BCUT2D eigenvalue weighted by molar-refractivity contribution is 6.74. The van der Waals surface area contributed by atoms with E-state index in [0.29, 0.717) is 6.42 Å². The standard InChI is InChI=1S/C41H72FN5O5Si2/c1-13-15-16-17-18-19-20-21-22-23-24-25-26-27-28-49-38(48)45-35-34-36(46-37(42)44-35)47(31-43-34)33-29-32(52-54(11,12)40(6,7)8)41(14-2,51-33)30-50-53(9,10)39(3,4)5/h2,31-33H,13,15-30H2,1,3-12H3,(H,44,45,46,48)/t32?,33-,41-/m1/s1. The van der Waals surface area contributed by atoms with Crippen LogP contribution in [0.3, 0.4) is 0 Å². The number of fused-ring (bicyclic) bond motifs is 1. The van der Waals surface area contributed by atoms with Crippen LogP contribution in [-0.4, -0.2) is 67.2 Å². The van der Waals surface area contributed by atoms with Gasteiger partial charge >= 0.3 is 12.2 Å². The average Bonchev–Trinajstić information content (AvgIpc) is 3.66. The van der Waals surface area contributed by atoms with E-state index in [1.165, 1.54) is 77.0 Å². The predicted molar refractivity (Wildman–Crippen MR) is 222 cm³/mol. The number of terminal acetylenes is 1. The molecule has 1 aliphatic heterocycles. The summed E-state index contributed by atoms with van der Waals surface area (Å²) in [5, 5.41) is 2.46. The van der Waals surface area contributed by atoms with Crippen molar-refractivity contribution in [3.8, 4) is 12.3 Å². The highest BCUT2D eigenvalue weighted by Crippen LogP contribution is 2.46. The number of unbranched alkanes of at least 4 members (excludes halogenated alkanes) is 13. The number of ether oxygens (including phenoxy) is 2. The minimum absolute atomic E-state index is 0.0394. The lowest BCUT2D eigenvalue weighted by Gasteiger charge is -2.43. The quantitative estimate of drug-likeness (QED) is 0.0543. The second-order valence-electron chi connectivity index (χ2n) is 18.3. The fourth-order valence-electron chi connectivity index (χ4n) is 6.17. The number of carbonyl (C=O) groups is 1. The number of rotatable bonds is 22. The van der Waals surface area contributed by atoms with E-state index in [1.54, 1.807) is 4.57 Å². The molecule has 54 heavy (non-hydrogen) atoms. The lowest BCUT2D eigenvalue weighted by molar-refractivity contribution is -0.0838. The topological polar surface area (TPSA) is 110 Å². The zero-order valence-electron chi connectivity index (χ0n) is 35.5. The molecule has 1 N–H and O–H groups in total. The van der Waals surface area contributed by atoms with Crippen LogP contribution in [0.2, 0.25) is 36.3 Å². The number of aromatic nitrogens is 4. The Hall–Kier alpha value is -2.38. The molecule has 3 atom stereocenters. The van der Waals surface area contributed by atoms with Crippen LogP contribution in [-0.2, 0) is 18.3 Å². The number of nitrogens with one attached hydrogen (secondary N) is 1. The SMILES string of the molecule is C#C[C@]1(CO[Si](C)(C)C(C)(C)C)O[C@@H](n2cnc3c(NC(=O)OCCCCCCCCCCCCCCCC)nc(F)nc32)CC1O[Si](C)(C)C(C)(C)C. The molecular formula is C41H72FN5O5Si2. The van der Waals surface area contributed by atoms with Crippen LogP contribution < -0.4 is 5.32 Å². The Morgan fingerprint density at radius 2 is 1.46 bits per heavy atom. The number of hydrogen-bond acceptors (Lipinski definition) is 8. The summed E-state index contributed by atoms with van der Waals surface area (Å²) in [7, 11) is -4.53. The smallest absolute Gasteiger partial charge is 0.412 e. The van der Waals surface area contributed by atoms with E-state index in [2.05, 4.69) is 101 Å². The Labute approximate surface area is 328 Å². The van der Waals surface area contributed by atoms with Gasteiger partial charge in [-0.05, 0) is 42.7 Å². The van der Waals surface area contributed by atoms with Gasteiger partial charge in [-0.15, -0.1) is 6.42 Å². The van der Waals surface area contributed by atoms with Crippen molar-refractivity contribution in [2.24, 2.45) is 0 Å². The Morgan fingerprint density at radius 3 is 1.98 bits per heavy atom. The average molecular weight is 790 g/mol. The molecule has 1 saturated heterocycles. The monoisotopic (exact) mass is 790 g/mol. The van der Waals surface area contributed by atoms with Gasteiger partial charge in [0.15, 0.2) is 39.2 Å². The van der Waals surface area contributed by atoms with Crippen molar-refractivity contribution in [1.29, 1.82) is 0 Å². The second-order valence-corrected chi connectivity index (χ2v) is 27.8. The van der Waals surface area contributed by atoms with Crippen LogP contribution in [0.15, 0.2) is 6.33 Å². The van der Waals surface area contributed by atoms with Crippen molar-refractivity contribution >= 4 is 39.7 Å². The number of imidazole rings is 1. The molecule has 0 aliphatic carbocycles. The number of nitrogens with zero attached hydrogens (tertiary/aromatic N) is 4. The van der Waals surface area contributed by atoms with E-state index in [4.69, 9.17) is 24.7 Å². The van der Waals surface area contributed by atoms with Gasteiger partial charge in [0, 0.05) is 6.42 Å². The third kappa shape index (κ3) is 12.8. The van der Waals surface area contributed by atoms with Crippen molar-refractivity contribution < 1.29 is 27.5 Å². The van der Waals surface area contributed by atoms with E-state index in [0.717, 1.165) is 19.3 Å². The lowest BCUT2D eigenvalue weighted by atomic mass is 9.99. The summed E-state index contributed by atoms with van der Waals surface area (Å²) in [5.74, 6) is 2.86. The van der Waals surface area contributed by atoms with Gasteiger partial charge in [-0.1, -0.05) is 138 Å². The first kappa shape index (κ1) is 46.0. The maximum Gasteiger partial charge on any atom is 0.412 e. The highest BCUT2D eigenvalue weighted by Gasteiger charge is 2.54. The molecule has 1 aliphatic rings. The molecule has 1 unspecified atom stereocenters. The number of hydrogen-bond donors (Lipinski definition) is 1.